The van der Waals surface area contributed by atoms with Crippen molar-refractivity contribution in [1.82, 2.24) is 4.90 Å². The molecule has 1 heterocycles. The van der Waals surface area contributed by atoms with Gasteiger partial charge < -0.3 is 0 Å². The summed E-state index contributed by atoms with van der Waals surface area (Å²) in [7, 11) is 2.25. The van der Waals surface area contributed by atoms with Crippen LogP contribution in [0.5, 0.6) is 0 Å². The van der Waals surface area contributed by atoms with Crippen LogP contribution in [0.3, 0.4) is 0 Å². The molecule has 1 aromatic rings. The number of aryl methyl sites for hydroxylation is 1. The van der Waals surface area contributed by atoms with E-state index in [4.69, 9.17) is 0 Å². The molecule has 0 saturated carbocycles. The molecule has 1 saturated heterocycles. The van der Waals surface area contributed by atoms with Gasteiger partial charge in [-0.2, -0.15) is 0 Å². The van der Waals surface area contributed by atoms with Gasteiger partial charge in [0.25, 0.3) is 0 Å². The molecule has 1 unspecified atom stereocenters. The van der Waals surface area contributed by atoms with E-state index in [9.17, 15) is 0 Å². The van der Waals surface area contributed by atoms with E-state index in [0.717, 1.165) is 0 Å². The highest BCUT2D eigenvalue weighted by atomic mass is 15.1. The quantitative estimate of drug-likeness (QED) is 0.727. The smallest absolute Gasteiger partial charge is 0.0348 e. The number of hydrogen-bond donors (Lipinski definition) is 0. The maximum absolute atomic E-state index is 2.49. The third-order valence-corrected chi connectivity index (χ3v) is 3.45. The second-order valence-corrected chi connectivity index (χ2v) is 4.59. The maximum atomic E-state index is 2.49. The first-order valence-corrected chi connectivity index (χ1v) is 6.11. The molecule has 1 heteroatoms. The normalized spacial score (nSPS) is 22.1. The standard InChI is InChI=1S/C14H21N/c1-3-7-12-8-4-5-9-13(12)14-10-6-11-15(14)2/h4-5,8-9,14H,3,6-7,10-11H2,1-2H3. The molecule has 1 fully saturated rings. The molecule has 1 aliphatic rings. The predicted molar refractivity (Wildman–Crippen MR) is 65.0 cm³/mol. The zero-order valence-electron chi connectivity index (χ0n) is 9.87. The zero-order valence-corrected chi connectivity index (χ0v) is 9.87. The SMILES string of the molecule is CCCc1ccccc1C1CCCN1C. The van der Waals surface area contributed by atoms with E-state index in [1.807, 2.05) is 0 Å². The molecule has 0 radical (unpaired) electrons. The van der Waals surface area contributed by atoms with Crippen LogP contribution in [0.4, 0.5) is 0 Å². The third-order valence-electron chi connectivity index (χ3n) is 3.45. The molecule has 1 aromatic carbocycles. The van der Waals surface area contributed by atoms with Crippen molar-refractivity contribution in [2.75, 3.05) is 13.6 Å². The Morgan fingerprint density at radius 1 is 1.33 bits per heavy atom. The average Bonchev–Trinajstić information content (AvgIpc) is 2.66. The van der Waals surface area contributed by atoms with E-state index in [-0.39, 0.29) is 0 Å². The molecule has 2 rings (SSSR count). The summed E-state index contributed by atoms with van der Waals surface area (Å²) in [5, 5.41) is 0. The van der Waals surface area contributed by atoms with Gasteiger partial charge in [0.15, 0.2) is 0 Å². The summed E-state index contributed by atoms with van der Waals surface area (Å²) in [5.74, 6) is 0. The molecule has 0 spiro atoms. The Balaban J connectivity index is 2.25. The van der Waals surface area contributed by atoms with Crippen molar-refractivity contribution >= 4 is 0 Å². The van der Waals surface area contributed by atoms with Crippen LogP contribution in [0.1, 0.15) is 43.4 Å². The van der Waals surface area contributed by atoms with Gasteiger partial charge in [0.2, 0.25) is 0 Å². The van der Waals surface area contributed by atoms with Gasteiger partial charge in [0, 0.05) is 6.04 Å². The van der Waals surface area contributed by atoms with Crippen molar-refractivity contribution in [2.24, 2.45) is 0 Å². The summed E-state index contributed by atoms with van der Waals surface area (Å²) in [6, 6.07) is 9.64. The zero-order chi connectivity index (χ0) is 10.7. The van der Waals surface area contributed by atoms with Crippen LogP contribution in [0.2, 0.25) is 0 Å². The maximum Gasteiger partial charge on any atom is 0.0348 e. The van der Waals surface area contributed by atoms with E-state index >= 15 is 0 Å². The van der Waals surface area contributed by atoms with Gasteiger partial charge in [-0.3, -0.25) is 4.90 Å². The minimum Gasteiger partial charge on any atom is -0.299 e. The first-order valence-electron chi connectivity index (χ1n) is 6.11. The summed E-state index contributed by atoms with van der Waals surface area (Å²) in [6.45, 7) is 3.51. The van der Waals surface area contributed by atoms with Crippen molar-refractivity contribution in [3.05, 3.63) is 35.4 Å². The highest BCUT2D eigenvalue weighted by Crippen LogP contribution is 2.32. The van der Waals surface area contributed by atoms with Gasteiger partial charge in [-0.05, 0) is 44.0 Å². The fourth-order valence-corrected chi connectivity index (χ4v) is 2.66. The average molecular weight is 203 g/mol. The van der Waals surface area contributed by atoms with E-state index in [1.165, 1.54) is 32.2 Å². The molecule has 1 aliphatic heterocycles. The Labute approximate surface area is 93.1 Å². The topological polar surface area (TPSA) is 3.24 Å². The molecular formula is C14H21N. The highest BCUT2D eigenvalue weighted by Gasteiger charge is 2.23. The Morgan fingerprint density at radius 2 is 2.13 bits per heavy atom. The van der Waals surface area contributed by atoms with Crippen molar-refractivity contribution in [3.8, 4) is 0 Å². The largest absolute Gasteiger partial charge is 0.299 e. The van der Waals surface area contributed by atoms with Crippen LogP contribution >= 0.6 is 0 Å². The van der Waals surface area contributed by atoms with Crippen LogP contribution in [-0.2, 0) is 6.42 Å². The van der Waals surface area contributed by atoms with Gasteiger partial charge in [0.1, 0.15) is 0 Å². The van der Waals surface area contributed by atoms with Crippen LogP contribution in [0.15, 0.2) is 24.3 Å². The van der Waals surface area contributed by atoms with Crippen LogP contribution < -0.4 is 0 Å². The van der Waals surface area contributed by atoms with E-state index in [1.54, 1.807) is 11.1 Å². The Morgan fingerprint density at radius 3 is 2.80 bits per heavy atom. The summed E-state index contributed by atoms with van der Waals surface area (Å²) >= 11 is 0. The third kappa shape index (κ3) is 2.23. The van der Waals surface area contributed by atoms with Crippen molar-refractivity contribution < 1.29 is 0 Å². The monoisotopic (exact) mass is 203 g/mol. The molecule has 0 bridgehead atoms. The van der Waals surface area contributed by atoms with E-state index in [2.05, 4.69) is 43.1 Å². The van der Waals surface area contributed by atoms with Gasteiger partial charge >= 0.3 is 0 Å². The number of hydrogen-bond acceptors (Lipinski definition) is 1. The number of nitrogens with zero attached hydrogens (tertiary/aromatic N) is 1. The molecule has 1 atom stereocenters. The number of rotatable bonds is 3. The minimum absolute atomic E-state index is 0.674. The lowest BCUT2D eigenvalue weighted by molar-refractivity contribution is 0.316. The molecule has 0 aliphatic carbocycles. The second kappa shape index (κ2) is 4.80. The fourth-order valence-electron chi connectivity index (χ4n) is 2.66. The molecular weight excluding hydrogens is 182 g/mol. The van der Waals surface area contributed by atoms with Gasteiger partial charge in [-0.1, -0.05) is 37.6 Å². The lowest BCUT2D eigenvalue weighted by atomic mass is 9.96. The van der Waals surface area contributed by atoms with E-state index < -0.39 is 0 Å². The number of benzene rings is 1. The second-order valence-electron chi connectivity index (χ2n) is 4.59. The van der Waals surface area contributed by atoms with Crippen molar-refractivity contribution in [1.29, 1.82) is 0 Å². The fraction of sp³-hybridized carbons (Fsp3) is 0.571. The molecule has 0 aromatic heterocycles. The van der Waals surface area contributed by atoms with Crippen molar-refractivity contribution in [2.45, 2.75) is 38.6 Å². The lowest BCUT2D eigenvalue weighted by Crippen LogP contribution is -2.18. The Hall–Kier alpha value is -0.820. The van der Waals surface area contributed by atoms with Gasteiger partial charge in [0.05, 0.1) is 0 Å². The highest BCUT2D eigenvalue weighted by molar-refractivity contribution is 5.30. The first-order chi connectivity index (χ1) is 7.33. The molecule has 0 N–H and O–H groups in total. The summed E-state index contributed by atoms with van der Waals surface area (Å²) in [5.41, 5.74) is 3.12. The van der Waals surface area contributed by atoms with Gasteiger partial charge in [-0.25, -0.2) is 0 Å². The predicted octanol–water partition coefficient (Wildman–Crippen LogP) is 3.41. The summed E-state index contributed by atoms with van der Waals surface area (Å²) in [6.07, 6.45) is 5.15. The summed E-state index contributed by atoms with van der Waals surface area (Å²) in [4.78, 5) is 2.49. The molecule has 1 nitrogen and oxygen atoms in total. The lowest BCUT2D eigenvalue weighted by Gasteiger charge is -2.22. The molecule has 82 valence electrons. The first kappa shape index (κ1) is 10.7. The van der Waals surface area contributed by atoms with Crippen LogP contribution in [0.25, 0.3) is 0 Å². The number of likely N-dealkylation sites (tertiary alicyclic amines) is 1. The van der Waals surface area contributed by atoms with Crippen LogP contribution in [0, 0.1) is 0 Å². The molecule has 0 amide bonds. The minimum atomic E-state index is 0.674. The van der Waals surface area contributed by atoms with Crippen molar-refractivity contribution in [3.63, 3.8) is 0 Å². The Kier molecular flexibility index (Phi) is 3.42. The van der Waals surface area contributed by atoms with Gasteiger partial charge in [-0.15, -0.1) is 0 Å². The van der Waals surface area contributed by atoms with E-state index in [0.29, 0.717) is 6.04 Å². The molecule has 15 heavy (non-hydrogen) atoms. The van der Waals surface area contributed by atoms with Crippen LogP contribution in [-0.4, -0.2) is 18.5 Å². The Bertz CT molecular complexity index is 319. The summed E-state index contributed by atoms with van der Waals surface area (Å²) < 4.78 is 0.